The van der Waals surface area contributed by atoms with Gasteiger partial charge in [0.25, 0.3) is 0 Å². The Morgan fingerprint density at radius 3 is 2.83 bits per heavy atom. The van der Waals surface area contributed by atoms with Crippen molar-refractivity contribution in [3.05, 3.63) is 11.9 Å². The van der Waals surface area contributed by atoms with E-state index in [-0.39, 0.29) is 0 Å². The quantitative estimate of drug-likeness (QED) is 0.722. The summed E-state index contributed by atoms with van der Waals surface area (Å²) in [6.07, 6.45) is 3.23. The monoisotopic (exact) mass is 253 g/mol. The Hall–Kier alpha value is -0.940. The molecule has 0 aliphatic heterocycles. The third-order valence-electron chi connectivity index (χ3n) is 2.76. The summed E-state index contributed by atoms with van der Waals surface area (Å²) >= 11 is 0. The van der Waals surface area contributed by atoms with Crippen molar-refractivity contribution < 1.29 is 0 Å². The largest absolute Gasteiger partial charge is 0.311 e. The van der Waals surface area contributed by atoms with Crippen molar-refractivity contribution in [3.8, 4) is 0 Å². The summed E-state index contributed by atoms with van der Waals surface area (Å²) in [6.45, 7) is 11.5. The van der Waals surface area contributed by atoms with E-state index in [1.54, 1.807) is 0 Å². The Morgan fingerprint density at radius 2 is 2.17 bits per heavy atom. The van der Waals surface area contributed by atoms with Crippen molar-refractivity contribution in [2.75, 3.05) is 26.7 Å². The predicted molar refractivity (Wildman–Crippen MR) is 74.4 cm³/mol. The Balaban J connectivity index is 2.25. The molecule has 1 aromatic rings. The fourth-order valence-corrected chi connectivity index (χ4v) is 1.78. The lowest BCUT2D eigenvalue weighted by atomic mass is 10.2. The van der Waals surface area contributed by atoms with E-state index in [9.17, 15) is 0 Å². The number of hydrogen-bond donors (Lipinski definition) is 1. The maximum atomic E-state index is 4.17. The SMILES string of the molecule is CCCN(C)CCn1cc(CNCC(C)C)nn1. The van der Waals surface area contributed by atoms with Gasteiger partial charge in [-0.15, -0.1) is 5.10 Å². The van der Waals surface area contributed by atoms with Crippen LogP contribution < -0.4 is 5.32 Å². The average molecular weight is 253 g/mol. The fraction of sp³-hybridized carbons (Fsp3) is 0.846. The lowest BCUT2D eigenvalue weighted by molar-refractivity contribution is 0.311. The van der Waals surface area contributed by atoms with E-state index in [0.29, 0.717) is 5.92 Å². The van der Waals surface area contributed by atoms with Gasteiger partial charge >= 0.3 is 0 Å². The Labute approximate surface area is 111 Å². The first-order valence-electron chi connectivity index (χ1n) is 6.90. The highest BCUT2D eigenvalue weighted by Crippen LogP contribution is 1.95. The molecule has 0 aromatic carbocycles. The molecule has 1 aromatic heterocycles. The molecule has 1 heterocycles. The van der Waals surface area contributed by atoms with Crippen molar-refractivity contribution in [3.63, 3.8) is 0 Å². The van der Waals surface area contributed by atoms with Crippen molar-refractivity contribution in [2.24, 2.45) is 5.92 Å². The van der Waals surface area contributed by atoms with Gasteiger partial charge < -0.3 is 10.2 Å². The van der Waals surface area contributed by atoms with Crippen LogP contribution in [0, 0.1) is 5.92 Å². The van der Waals surface area contributed by atoms with Gasteiger partial charge in [-0.25, -0.2) is 0 Å². The van der Waals surface area contributed by atoms with E-state index in [4.69, 9.17) is 0 Å². The number of nitrogens with one attached hydrogen (secondary N) is 1. The first-order chi connectivity index (χ1) is 8.61. The van der Waals surface area contributed by atoms with Gasteiger partial charge in [0, 0.05) is 19.3 Å². The first kappa shape index (κ1) is 15.1. The highest BCUT2D eigenvalue weighted by atomic mass is 15.4. The van der Waals surface area contributed by atoms with Crippen LogP contribution in [0.2, 0.25) is 0 Å². The summed E-state index contributed by atoms with van der Waals surface area (Å²) in [5.41, 5.74) is 1.02. The molecule has 5 heteroatoms. The molecule has 104 valence electrons. The second kappa shape index (κ2) is 8.21. The van der Waals surface area contributed by atoms with Crippen LogP contribution in [0.1, 0.15) is 32.9 Å². The van der Waals surface area contributed by atoms with Crippen LogP contribution in [0.3, 0.4) is 0 Å². The third kappa shape index (κ3) is 6.12. The maximum Gasteiger partial charge on any atom is 0.0964 e. The molecule has 5 nitrogen and oxygen atoms in total. The average Bonchev–Trinajstić information content (AvgIpc) is 2.74. The van der Waals surface area contributed by atoms with E-state index in [1.165, 1.54) is 6.42 Å². The zero-order valence-corrected chi connectivity index (χ0v) is 12.2. The molecule has 0 aliphatic carbocycles. The Morgan fingerprint density at radius 1 is 1.39 bits per heavy atom. The molecule has 0 bridgehead atoms. The van der Waals surface area contributed by atoms with Crippen molar-refractivity contribution in [2.45, 2.75) is 40.3 Å². The number of nitrogens with zero attached hydrogens (tertiary/aromatic N) is 4. The minimum absolute atomic E-state index is 0.669. The molecule has 0 spiro atoms. The minimum Gasteiger partial charge on any atom is -0.311 e. The van der Waals surface area contributed by atoms with E-state index in [0.717, 1.165) is 38.4 Å². The second-order valence-electron chi connectivity index (χ2n) is 5.30. The number of likely N-dealkylation sites (N-methyl/N-ethyl adjacent to an activating group) is 1. The Kier molecular flexibility index (Phi) is 6.90. The van der Waals surface area contributed by atoms with Crippen molar-refractivity contribution in [1.29, 1.82) is 0 Å². The maximum absolute atomic E-state index is 4.17. The van der Waals surface area contributed by atoms with Crippen LogP contribution in [0.15, 0.2) is 6.20 Å². The Bertz CT molecular complexity index is 321. The van der Waals surface area contributed by atoms with Crippen LogP contribution >= 0.6 is 0 Å². The van der Waals surface area contributed by atoms with Crippen LogP contribution in [0.4, 0.5) is 0 Å². The molecular formula is C13H27N5. The van der Waals surface area contributed by atoms with E-state index in [1.807, 2.05) is 10.9 Å². The van der Waals surface area contributed by atoms with Crippen molar-refractivity contribution >= 4 is 0 Å². The van der Waals surface area contributed by atoms with Gasteiger partial charge in [-0.2, -0.15) is 0 Å². The summed E-state index contributed by atoms with van der Waals surface area (Å²) in [5.74, 6) is 0.669. The lowest BCUT2D eigenvalue weighted by Crippen LogP contribution is -2.24. The molecule has 0 saturated carbocycles. The van der Waals surface area contributed by atoms with Gasteiger partial charge in [0.1, 0.15) is 0 Å². The molecule has 1 rings (SSSR count). The molecule has 0 atom stereocenters. The molecule has 0 unspecified atom stereocenters. The molecule has 0 radical (unpaired) electrons. The van der Waals surface area contributed by atoms with Crippen LogP contribution in [0.25, 0.3) is 0 Å². The van der Waals surface area contributed by atoms with Gasteiger partial charge in [0.15, 0.2) is 0 Å². The first-order valence-corrected chi connectivity index (χ1v) is 6.90. The topological polar surface area (TPSA) is 46.0 Å². The zero-order valence-electron chi connectivity index (χ0n) is 12.2. The van der Waals surface area contributed by atoms with Gasteiger partial charge in [-0.05, 0) is 32.5 Å². The van der Waals surface area contributed by atoms with Crippen LogP contribution in [0.5, 0.6) is 0 Å². The molecule has 0 saturated heterocycles. The summed E-state index contributed by atoms with van der Waals surface area (Å²) < 4.78 is 1.93. The number of hydrogen-bond acceptors (Lipinski definition) is 4. The van der Waals surface area contributed by atoms with Crippen molar-refractivity contribution in [1.82, 2.24) is 25.2 Å². The van der Waals surface area contributed by atoms with E-state index in [2.05, 4.69) is 48.3 Å². The normalized spacial score (nSPS) is 11.7. The molecule has 0 fully saturated rings. The smallest absolute Gasteiger partial charge is 0.0964 e. The molecule has 1 N–H and O–H groups in total. The molecular weight excluding hydrogens is 226 g/mol. The highest BCUT2D eigenvalue weighted by molar-refractivity contribution is 4.91. The molecule has 0 amide bonds. The molecule has 18 heavy (non-hydrogen) atoms. The summed E-state index contributed by atoms with van der Waals surface area (Å²) in [5, 5.41) is 11.7. The van der Waals surface area contributed by atoms with E-state index >= 15 is 0 Å². The van der Waals surface area contributed by atoms with Gasteiger partial charge in [0.2, 0.25) is 0 Å². The number of aromatic nitrogens is 3. The van der Waals surface area contributed by atoms with E-state index < -0.39 is 0 Å². The second-order valence-corrected chi connectivity index (χ2v) is 5.30. The third-order valence-corrected chi connectivity index (χ3v) is 2.76. The number of rotatable bonds is 9. The lowest BCUT2D eigenvalue weighted by Gasteiger charge is -2.14. The van der Waals surface area contributed by atoms with Crippen LogP contribution in [-0.2, 0) is 13.1 Å². The van der Waals surface area contributed by atoms with Gasteiger partial charge in [-0.1, -0.05) is 26.0 Å². The zero-order chi connectivity index (χ0) is 13.4. The predicted octanol–water partition coefficient (Wildman–Crippen LogP) is 1.37. The standard InChI is InChI=1S/C13H27N5/c1-5-6-17(4)7-8-18-11-13(15-16-18)10-14-9-12(2)3/h11-12,14H,5-10H2,1-4H3. The summed E-state index contributed by atoms with van der Waals surface area (Å²) in [6, 6.07) is 0. The molecule has 0 aliphatic rings. The van der Waals surface area contributed by atoms with Gasteiger partial charge in [-0.3, -0.25) is 4.68 Å². The minimum atomic E-state index is 0.669. The van der Waals surface area contributed by atoms with Crippen LogP contribution in [-0.4, -0.2) is 46.6 Å². The van der Waals surface area contributed by atoms with Gasteiger partial charge in [0.05, 0.1) is 12.2 Å². The summed E-state index contributed by atoms with van der Waals surface area (Å²) in [7, 11) is 2.14. The fourth-order valence-electron chi connectivity index (χ4n) is 1.78. The summed E-state index contributed by atoms with van der Waals surface area (Å²) in [4.78, 5) is 2.32. The highest BCUT2D eigenvalue weighted by Gasteiger charge is 2.02.